The number of carbonyl (C=O) groups is 1. The topological polar surface area (TPSA) is 47.6 Å². The van der Waals surface area contributed by atoms with E-state index in [1.165, 1.54) is 12.1 Å². The van der Waals surface area contributed by atoms with Gasteiger partial charge in [-0.2, -0.15) is 0 Å². The van der Waals surface area contributed by atoms with Crippen LogP contribution < -0.4 is 5.32 Å². The van der Waals surface area contributed by atoms with Crippen LogP contribution in [0.15, 0.2) is 22.7 Å². The SMILES string of the molecule is CCOC(=O)COCCNCc1cc(F)ccc1Br. The Morgan fingerprint density at radius 1 is 1.47 bits per heavy atom. The first-order valence-electron chi connectivity index (χ1n) is 6.01. The summed E-state index contributed by atoms with van der Waals surface area (Å²) in [7, 11) is 0. The summed E-state index contributed by atoms with van der Waals surface area (Å²) in [6.07, 6.45) is 0. The van der Waals surface area contributed by atoms with Gasteiger partial charge in [-0.15, -0.1) is 0 Å². The second kappa shape index (κ2) is 9.01. The zero-order valence-electron chi connectivity index (χ0n) is 10.7. The molecule has 4 nitrogen and oxygen atoms in total. The third kappa shape index (κ3) is 6.66. The number of esters is 1. The Labute approximate surface area is 120 Å². The van der Waals surface area contributed by atoms with Crippen molar-refractivity contribution in [3.05, 3.63) is 34.1 Å². The largest absolute Gasteiger partial charge is 0.464 e. The average Bonchev–Trinajstić information content (AvgIpc) is 2.38. The van der Waals surface area contributed by atoms with Crippen LogP contribution in [0.4, 0.5) is 4.39 Å². The van der Waals surface area contributed by atoms with Gasteiger partial charge in [0, 0.05) is 17.6 Å². The quantitative estimate of drug-likeness (QED) is 0.585. The van der Waals surface area contributed by atoms with Crippen LogP contribution in [0.25, 0.3) is 0 Å². The van der Waals surface area contributed by atoms with E-state index in [4.69, 9.17) is 9.47 Å². The van der Waals surface area contributed by atoms with Gasteiger partial charge in [0.15, 0.2) is 0 Å². The molecule has 19 heavy (non-hydrogen) atoms. The lowest BCUT2D eigenvalue weighted by atomic mass is 10.2. The normalized spacial score (nSPS) is 10.5. The zero-order valence-corrected chi connectivity index (χ0v) is 12.3. The van der Waals surface area contributed by atoms with Crippen molar-refractivity contribution in [2.75, 3.05) is 26.4 Å². The van der Waals surface area contributed by atoms with Crippen molar-refractivity contribution in [2.24, 2.45) is 0 Å². The highest BCUT2D eigenvalue weighted by Gasteiger charge is 2.02. The Hall–Kier alpha value is -0.980. The van der Waals surface area contributed by atoms with Crippen LogP contribution in [0.1, 0.15) is 12.5 Å². The fourth-order valence-electron chi connectivity index (χ4n) is 1.40. The number of halogens is 2. The summed E-state index contributed by atoms with van der Waals surface area (Å²) in [6, 6.07) is 4.54. The van der Waals surface area contributed by atoms with Crippen LogP contribution in [0, 0.1) is 5.82 Å². The smallest absolute Gasteiger partial charge is 0.332 e. The number of hydrogen-bond donors (Lipinski definition) is 1. The molecule has 0 amide bonds. The third-order valence-electron chi connectivity index (χ3n) is 2.27. The molecule has 106 valence electrons. The number of nitrogens with one attached hydrogen (secondary N) is 1. The fourth-order valence-corrected chi connectivity index (χ4v) is 1.79. The molecule has 1 N–H and O–H groups in total. The number of benzene rings is 1. The maximum Gasteiger partial charge on any atom is 0.332 e. The molecular weight excluding hydrogens is 317 g/mol. The number of rotatable bonds is 8. The summed E-state index contributed by atoms with van der Waals surface area (Å²) in [5.74, 6) is -0.631. The standard InChI is InChI=1S/C13H17BrFNO3/c1-2-19-13(17)9-18-6-5-16-8-10-7-11(15)3-4-12(10)14/h3-4,7,16H,2,5-6,8-9H2,1H3. The molecule has 0 saturated heterocycles. The lowest BCUT2D eigenvalue weighted by Gasteiger charge is -2.07. The molecule has 0 spiro atoms. The highest BCUT2D eigenvalue weighted by molar-refractivity contribution is 9.10. The third-order valence-corrected chi connectivity index (χ3v) is 3.05. The van der Waals surface area contributed by atoms with Gasteiger partial charge in [0.25, 0.3) is 0 Å². The van der Waals surface area contributed by atoms with Crippen LogP contribution in [0.2, 0.25) is 0 Å². The number of carbonyl (C=O) groups excluding carboxylic acids is 1. The second-order valence-corrected chi connectivity index (χ2v) is 4.62. The Morgan fingerprint density at radius 2 is 2.26 bits per heavy atom. The zero-order chi connectivity index (χ0) is 14.1. The molecule has 0 bridgehead atoms. The minimum Gasteiger partial charge on any atom is -0.464 e. The minimum atomic E-state index is -0.365. The molecule has 0 fully saturated rings. The van der Waals surface area contributed by atoms with Gasteiger partial charge in [-0.1, -0.05) is 15.9 Å². The van der Waals surface area contributed by atoms with E-state index in [0.717, 1.165) is 10.0 Å². The van der Waals surface area contributed by atoms with Crippen molar-refractivity contribution < 1.29 is 18.7 Å². The first kappa shape index (κ1) is 16.1. The van der Waals surface area contributed by atoms with Crippen molar-refractivity contribution in [1.29, 1.82) is 0 Å². The van der Waals surface area contributed by atoms with E-state index in [9.17, 15) is 9.18 Å². The summed E-state index contributed by atoms with van der Waals surface area (Å²) in [6.45, 7) is 3.55. The number of ether oxygens (including phenoxy) is 2. The molecule has 0 aliphatic carbocycles. The lowest BCUT2D eigenvalue weighted by Crippen LogP contribution is -2.22. The molecular formula is C13H17BrFNO3. The summed E-state index contributed by atoms with van der Waals surface area (Å²) >= 11 is 3.35. The molecule has 6 heteroatoms. The summed E-state index contributed by atoms with van der Waals surface area (Å²) in [5.41, 5.74) is 0.838. The minimum absolute atomic E-state index is 0.0425. The van der Waals surface area contributed by atoms with Gasteiger partial charge < -0.3 is 14.8 Å². The molecule has 1 rings (SSSR count). The molecule has 0 aliphatic heterocycles. The van der Waals surface area contributed by atoms with Gasteiger partial charge in [0.1, 0.15) is 12.4 Å². The monoisotopic (exact) mass is 333 g/mol. The first-order valence-corrected chi connectivity index (χ1v) is 6.80. The molecule has 0 aliphatic rings. The Morgan fingerprint density at radius 3 is 3.00 bits per heavy atom. The van der Waals surface area contributed by atoms with Gasteiger partial charge in [0.2, 0.25) is 0 Å². The van der Waals surface area contributed by atoms with Gasteiger partial charge in [0.05, 0.1) is 13.2 Å². The molecule has 1 aromatic rings. The van der Waals surface area contributed by atoms with E-state index in [1.54, 1.807) is 13.0 Å². The van der Waals surface area contributed by atoms with Gasteiger partial charge in [-0.25, -0.2) is 9.18 Å². The van der Waals surface area contributed by atoms with E-state index >= 15 is 0 Å². The van der Waals surface area contributed by atoms with Gasteiger partial charge in [-0.05, 0) is 30.7 Å². The fraction of sp³-hybridized carbons (Fsp3) is 0.462. The predicted octanol–water partition coefficient (Wildman–Crippen LogP) is 2.26. The molecule has 0 saturated carbocycles. The summed E-state index contributed by atoms with van der Waals surface area (Å²) in [4.78, 5) is 11.0. The summed E-state index contributed by atoms with van der Waals surface area (Å²) < 4.78 is 23.7. The van der Waals surface area contributed by atoms with E-state index in [-0.39, 0.29) is 18.4 Å². The van der Waals surface area contributed by atoms with Crippen LogP contribution in [0.5, 0.6) is 0 Å². The summed E-state index contributed by atoms with van der Waals surface area (Å²) in [5, 5.41) is 3.10. The second-order valence-electron chi connectivity index (χ2n) is 3.77. The molecule has 1 aromatic carbocycles. The maximum absolute atomic E-state index is 13.0. The van der Waals surface area contributed by atoms with Crippen molar-refractivity contribution in [1.82, 2.24) is 5.32 Å². The van der Waals surface area contributed by atoms with Crippen LogP contribution in [0.3, 0.4) is 0 Å². The van der Waals surface area contributed by atoms with Gasteiger partial charge in [-0.3, -0.25) is 0 Å². The van der Waals surface area contributed by atoms with Crippen LogP contribution in [-0.2, 0) is 20.8 Å². The van der Waals surface area contributed by atoms with Crippen molar-refractivity contribution in [2.45, 2.75) is 13.5 Å². The van der Waals surface area contributed by atoms with Crippen LogP contribution >= 0.6 is 15.9 Å². The molecule has 0 heterocycles. The van der Waals surface area contributed by atoms with Crippen molar-refractivity contribution in [3.63, 3.8) is 0 Å². The Balaban J connectivity index is 2.14. The highest BCUT2D eigenvalue weighted by Crippen LogP contribution is 2.17. The average molecular weight is 334 g/mol. The molecule has 0 unspecified atom stereocenters. The number of hydrogen-bond acceptors (Lipinski definition) is 4. The molecule has 0 aromatic heterocycles. The highest BCUT2D eigenvalue weighted by atomic mass is 79.9. The first-order chi connectivity index (χ1) is 9.13. The lowest BCUT2D eigenvalue weighted by molar-refractivity contribution is -0.148. The van der Waals surface area contributed by atoms with Crippen molar-refractivity contribution >= 4 is 21.9 Å². The Bertz CT molecular complexity index is 415. The molecule has 0 radical (unpaired) electrons. The maximum atomic E-state index is 13.0. The van der Waals surface area contributed by atoms with E-state index in [1.807, 2.05) is 0 Å². The predicted molar refractivity (Wildman–Crippen MR) is 73.3 cm³/mol. The molecule has 0 atom stereocenters. The van der Waals surface area contributed by atoms with Crippen LogP contribution in [-0.4, -0.2) is 32.3 Å². The van der Waals surface area contributed by atoms with Crippen molar-refractivity contribution in [3.8, 4) is 0 Å². The Kier molecular flexibility index (Phi) is 7.62. The van der Waals surface area contributed by atoms with E-state index < -0.39 is 0 Å². The van der Waals surface area contributed by atoms with E-state index in [2.05, 4.69) is 21.2 Å². The van der Waals surface area contributed by atoms with Gasteiger partial charge >= 0.3 is 5.97 Å². The van der Waals surface area contributed by atoms with E-state index in [0.29, 0.717) is 26.3 Å².